The smallest absolute Gasteiger partial charge is 0.395 e. The number of carbonyl (C=O) groups excluding carboxylic acids is 2. The van der Waals surface area contributed by atoms with Gasteiger partial charge in [-0.2, -0.15) is 13.2 Å². The monoisotopic (exact) mass is 595 g/mol. The third-order valence-electron chi connectivity index (χ3n) is 9.16. The van der Waals surface area contributed by atoms with Crippen molar-refractivity contribution in [2.75, 3.05) is 24.7 Å². The first kappa shape index (κ1) is 28.0. The van der Waals surface area contributed by atoms with Crippen LogP contribution in [-0.2, 0) is 20.8 Å². The summed E-state index contributed by atoms with van der Waals surface area (Å²) in [6.07, 6.45) is -2.35. The van der Waals surface area contributed by atoms with Gasteiger partial charge in [-0.15, -0.1) is 0 Å². The number of hydrogen-bond donors (Lipinski definition) is 3. The van der Waals surface area contributed by atoms with E-state index in [2.05, 4.69) is 10.6 Å². The van der Waals surface area contributed by atoms with E-state index in [-0.39, 0.29) is 58.4 Å². The lowest BCUT2D eigenvalue weighted by Gasteiger charge is -2.28. The Bertz CT molecular complexity index is 1560. The zero-order chi connectivity index (χ0) is 29.6. The van der Waals surface area contributed by atoms with E-state index in [4.69, 9.17) is 0 Å². The molecule has 2 aromatic rings. The van der Waals surface area contributed by atoms with Gasteiger partial charge in [-0.05, 0) is 60.4 Å². The highest BCUT2D eigenvalue weighted by molar-refractivity contribution is 7.90. The van der Waals surface area contributed by atoms with Crippen molar-refractivity contribution in [1.82, 2.24) is 10.2 Å². The predicted molar refractivity (Wildman–Crippen MR) is 139 cm³/mol. The number of aliphatic hydroxyl groups excluding tert-OH is 1. The minimum Gasteiger partial charge on any atom is -0.395 e. The fraction of sp³-hybridized carbons (Fsp3) is 0.500. The maximum atomic E-state index is 14.9. The topological polar surface area (TPSA) is 116 Å². The largest absolute Gasteiger partial charge is 0.416 e. The Balaban J connectivity index is 1.30. The minimum atomic E-state index is -4.71. The Labute approximate surface area is 234 Å². The van der Waals surface area contributed by atoms with Gasteiger partial charge < -0.3 is 20.6 Å². The molecule has 2 aromatic carbocycles. The van der Waals surface area contributed by atoms with Crippen LogP contribution in [0.4, 0.5) is 23.2 Å². The predicted octanol–water partition coefficient (Wildman–Crippen LogP) is 3.38. The number of aliphatic hydroxyl groups is 1. The number of sulfone groups is 1. The standard InChI is InChI=1S/C28H29F4N3O5S/c1-27-20-21(27)24(27)35(26(38)17-12-15(41(2,39)40)6-8-19(17)33-9-10-36)23(20)25(37)34-22(13-3-4-13)16-7-5-14(11-18(16)29)28(30,31)32/h5-8,11-13,20-24,33,36H,3-4,9-10H2,1-2H3,(H,34,37)/t20?,21-,22-,23-,24+,27-/m1/s1. The van der Waals surface area contributed by atoms with Gasteiger partial charge in [0.2, 0.25) is 5.91 Å². The molecule has 5 fully saturated rings. The van der Waals surface area contributed by atoms with Crippen LogP contribution in [0.2, 0.25) is 0 Å². The number of hydrogen-bond acceptors (Lipinski definition) is 6. The molecule has 0 aromatic heterocycles. The highest BCUT2D eigenvalue weighted by atomic mass is 32.2. The average molecular weight is 596 g/mol. The van der Waals surface area contributed by atoms with E-state index < -0.39 is 51.3 Å². The summed E-state index contributed by atoms with van der Waals surface area (Å²) in [5.74, 6) is -2.28. The zero-order valence-corrected chi connectivity index (χ0v) is 23.0. The molecule has 8 nitrogen and oxygen atoms in total. The van der Waals surface area contributed by atoms with Crippen molar-refractivity contribution in [3.05, 3.63) is 58.9 Å². The number of piperidine rings is 1. The first-order valence-electron chi connectivity index (χ1n) is 13.4. The molecule has 41 heavy (non-hydrogen) atoms. The van der Waals surface area contributed by atoms with Gasteiger partial charge in [0.1, 0.15) is 11.9 Å². The number of halogens is 4. The molecule has 0 radical (unpaired) electrons. The number of anilines is 1. The second-order valence-corrected chi connectivity index (χ2v) is 13.7. The summed E-state index contributed by atoms with van der Waals surface area (Å²) >= 11 is 0. The van der Waals surface area contributed by atoms with Gasteiger partial charge in [0.05, 0.1) is 28.7 Å². The van der Waals surface area contributed by atoms with Crippen LogP contribution in [0.15, 0.2) is 41.3 Å². The van der Waals surface area contributed by atoms with Gasteiger partial charge >= 0.3 is 6.18 Å². The Kier molecular flexibility index (Phi) is 6.24. The molecule has 220 valence electrons. The lowest BCUT2D eigenvalue weighted by Crippen LogP contribution is -2.48. The van der Waals surface area contributed by atoms with Gasteiger partial charge in [0, 0.05) is 36.0 Å². The summed E-state index contributed by atoms with van der Waals surface area (Å²) in [5.41, 5.74) is -1.05. The number of amides is 2. The SMILES string of the molecule is C[C@@]12C3[C@@H]1[C@@H]2N(C(=O)c1cc(S(C)(=O)=O)ccc1NCCO)[C@H]3C(=O)N[C@@H](c1ccc(C(F)(F)F)cc1F)C1CC1. The molecule has 6 atom stereocenters. The first-order valence-corrected chi connectivity index (χ1v) is 15.3. The number of carbonyl (C=O) groups is 2. The fourth-order valence-electron chi connectivity index (χ4n) is 6.80. The van der Waals surface area contributed by atoms with Crippen LogP contribution in [0.5, 0.6) is 0 Å². The normalized spacial score (nSPS) is 28.6. The molecular weight excluding hydrogens is 566 g/mol. The van der Waals surface area contributed by atoms with Crippen molar-refractivity contribution < 1.29 is 40.7 Å². The van der Waals surface area contributed by atoms with E-state index in [0.29, 0.717) is 24.6 Å². The number of alkyl halides is 3. The molecular formula is C28H29F4N3O5S. The van der Waals surface area contributed by atoms with Crippen LogP contribution in [0.25, 0.3) is 0 Å². The van der Waals surface area contributed by atoms with Crippen molar-refractivity contribution >= 4 is 27.3 Å². The molecule has 3 saturated carbocycles. The maximum absolute atomic E-state index is 14.9. The minimum absolute atomic E-state index is 0.0352. The number of benzene rings is 2. The van der Waals surface area contributed by atoms with E-state index in [1.54, 1.807) is 0 Å². The van der Waals surface area contributed by atoms with Gasteiger partial charge in [0.15, 0.2) is 9.84 Å². The summed E-state index contributed by atoms with van der Waals surface area (Å²) in [7, 11) is -3.66. The molecule has 2 saturated heterocycles. The van der Waals surface area contributed by atoms with E-state index in [1.807, 2.05) is 6.92 Å². The number of nitrogens with one attached hydrogen (secondary N) is 2. The molecule has 3 aliphatic carbocycles. The molecule has 7 rings (SSSR count). The zero-order valence-electron chi connectivity index (χ0n) is 22.2. The second kappa shape index (κ2) is 9.15. The van der Waals surface area contributed by atoms with Crippen molar-refractivity contribution in [3.63, 3.8) is 0 Å². The molecule has 0 spiro atoms. The average Bonchev–Trinajstić information content (AvgIpc) is 3.85. The van der Waals surface area contributed by atoms with Crippen molar-refractivity contribution in [2.45, 2.75) is 49.0 Å². The van der Waals surface area contributed by atoms with Crippen molar-refractivity contribution in [3.8, 4) is 0 Å². The van der Waals surface area contributed by atoms with Gasteiger partial charge in [-0.25, -0.2) is 12.8 Å². The third-order valence-corrected chi connectivity index (χ3v) is 10.3. The lowest BCUT2D eigenvalue weighted by atomic mass is 9.98. The quantitative estimate of drug-likeness (QED) is 0.383. The van der Waals surface area contributed by atoms with Crippen LogP contribution in [-0.4, -0.2) is 61.7 Å². The summed E-state index contributed by atoms with van der Waals surface area (Å²) in [6, 6.07) is 4.37. The van der Waals surface area contributed by atoms with Gasteiger partial charge in [-0.1, -0.05) is 13.0 Å². The van der Waals surface area contributed by atoms with Crippen LogP contribution in [0, 0.1) is 29.0 Å². The van der Waals surface area contributed by atoms with Crippen molar-refractivity contribution in [2.24, 2.45) is 23.2 Å². The molecule has 1 unspecified atom stereocenters. The number of fused-ring (bicyclic) bond motifs is 1. The maximum Gasteiger partial charge on any atom is 0.416 e. The van der Waals surface area contributed by atoms with E-state index in [0.717, 1.165) is 18.4 Å². The highest BCUT2D eigenvalue weighted by Crippen LogP contribution is 2.87. The van der Waals surface area contributed by atoms with Crippen LogP contribution >= 0.6 is 0 Å². The Morgan fingerprint density at radius 1 is 1.15 bits per heavy atom. The van der Waals surface area contributed by atoms with Crippen molar-refractivity contribution in [1.29, 1.82) is 0 Å². The van der Waals surface area contributed by atoms with Gasteiger partial charge in [-0.3, -0.25) is 9.59 Å². The molecule has 2 bridgehead atoms. The van der Waals surface area contributed by atoms with Crippen LogP contribution in [0.1, 0.15) is 47.3 Å². The summed E-state index contributed by atoms with van der Waals surface area (Å²) in [6.45, 7) is 1.85. The molecule has 2 amide bonds. The van der Waals surface area contributed by atoms with E-state index in [9.17, 15) is 40.7 Å². The lowest BCUT2D eigenvalue weighted by molar-refractivity contribution is -0.137. The number of rotatable bonds is 9. The molecule has 13 heteroatoms. The summed E-state index contributed by atoms with van der Waals surface area (Å²) in [5, 5.41) is 15.0. The van der Waals surface area contributed by atoms with Crippen LogP contribution in [0.3, 0.4) is 0 Å². The second-order valence-electron chi connectivity index (χ2n) is 11.7. The fourth-order valence-corrected chi connectivity index (χ4v) is 7.45. The van der Waals surface area contributed by atoms with E-state index >= 15 is 0 Å². The molecule has 2 aliphatic heterocycles. The first-order chi connectivity index (χ1) is 19.2. The Hall–Kier alpha value is -3.19. The molecule has 5 aliphatic rings. The number of nitrogens with zero attached hydrogens (tertiary/aromatic N) is 1. The molecule has 2 heterocycles. The van der Waals surface area contributed by atoms with Gasteiger partial charge in [0.25, 0.3) is 5.91 Å². The Morgan fingerprint density at radius 3 is 2.39 bits per heavy atom. The highest BCUT2D eigenvalue weighted by Gasteiger charge is 2.94. The van der Waals surface area contributed by atoms with Crippen LogP contribution < -0.4 is 10.6 Å². The summed E-state index contributed by atoms with van der Waals surface area (Å²) < 4.78 is 78.7. The Morgan fingerprint density at radius 2 is 1.83 bits per heavy atom. The molecule has 3 N–H and O–H groups in total. The van der Waals surface area contributed by atoms with E-state index in [1.165, 1.54) is 23.1 Å². The third kappa shape index (κ3) is 4.48. The summed E-state index contributed by atoms with van der Waals surface area (Å²) in [4.78, 5) is 29.2.